The van der Waals surface area contributed by atoms with Crippen LogP contribution in [0.15, 0.2) is 56.9 Å². The van der Waals surface area contributed by atoms with E-state index in [-0.39, 0.29) is 23.2 Å². The van der Waals surface area contributed by atoms with Gasteiger partial charge in [0, 0.05) is 29.6 Å². The number of unbranched alkanes of at least 4 members (excludes halogenated alkanes) is 1. The molecule has 0 atom stereocenters. The molecule has 44 heavy (non-hydrogen) atoms. The number of nitrogens with one attached hydrogen (secondary N) is 1. The summed E-state index contributed by atoms with van der Waals surface area (Å²) in [5.41, 5.74) is 1.98. The topological polar surface area (TPSA) is 114 Å². The van der Waals surface area contributed by atoms with Gasteiger partial charge in [-0.15, -0.1) is 0 Å². The molecule has 2 aliphatic rings. The maximum atomic E-state index is 13.8. The van der Waals surface area contributed by atoms with E-state index in [9.17, 15) is 13.2 Å². The fourth-order valence-corrected chi connectivity index (χ4v) is 7.34. The van der Waals surface area contributed by atoms with Crippen LogP contribution in [-0.2, 0) is 31.5 Å². The molecule has 2 aromatic carbocycles. The van der Waals surface area contributed by atoms with Gasteiger partial charge in [0.25, 0.3) is 15.9 Å². The average molecular weight is 612 g/mol. The number of benzene rings is 2. The van der Waals surface area contributed by atoms with E-state index in [0.29, 0.717) is 34.6 Å². The largest absolute Gasteiger partial charge is 0.390 e. The van der Waals surface area contributed by atoms with Crippen molar-refractivity contribution in [2.24, 2.45) is 4.99 Å². The lowest BCUT2D eigenvalue weighted by molar-refractivity contribution is -0.131. The fraction of sp³-hybridized carbons (Fsp3) is 0.469. The lowest BCUT2D eigenvalue weighted by Crippen LogP contribution is -2.40. The smallest absolute Gasteiger partial charge is 0.263 e. The van der Waals surface area contributed by atoms with E-state index >= 15 is 0 Å². The van der Waals surface area contributed by atoms with Gasteiger partial charge in [-0.3, -0.25) is 19.4 Å². The third-order valence-corrected chi connectivity index (χ3v) is 9.96. The van der Waals surface area contributed by atoms with Crippen LogP contribution in [0.3, 0.4) is 0 Å². The van der Waals surface area contributed by atoms with Crippen molar-refractivity contribution in [3.05, 3.63) is 64.9 Å². The Morgan fingerprint density at radius 1 is 1.09 bits per heavy atom. The SMILES string of the molecule is [B]C([B])(OCC)c1cc(CN2C(=O)C3(CCCC3)N=C2CCCC)ccc1-c1ccccc1S(=O)(=O)Nc1noc(C)c1C. The summed E-state index contributed by atoms with van der Waals surface area (Å²) in [6, 6.07) is 12.0. The second kappa shape index (κ2) is 12.6. The number of anilines is 1. The Kier molecular flexibility index (Phi) is 9.14. The van der Waals surface area contributed by atoms with Crippen molar-refractivity contribution in [1.29, 1.82) is 0 Å². The van der Waals surface area contributed by atoms with Crippen molar-refractivity contribution in [3.63, 3.8) is 0 Å². The molecule has 1 amide bonds. The predicted molar refractivity (Wildman–Crippen MR) is 172 cm³/mol. The van der Waals surface area contributed by atoms with E-state index < -0.39 is 21.0 Å². The van der Waals surface area contributed by atoms with Crippen LogP contribution < -0.4 is 4.72 Å². The number of amidine groups is 1. The molecule has 12 heteroatoms. The molecule has 0 bridgehead atoms. The number of aliphatic imine (C=N–C) groups is 1. The van der Waals surface area contributed by atoms with Gasteiger partial charge in [0.2, 0.25) is 0 Å². The summed E-state index contributed by atoms with van der Waals surface area (Å²) < 4.78 is 40.8. The first-order valence-electron chi connectivity index (χ1n) is 15.2. The minimum atomic E-state index is -4.10. The molecule has 1 spiro atoms. The predicted octanol–water partition coefficient (Wildman–Crippen LogP) is 5.49. The Morgan fingerprint density at radius 2 is 1.82 bits per heavy atom. The summed E-state index contributed by atoms with van der Waals surface area (Å²) in [7, 11) is 8.99. The van der Waals surface area contributed by atoms with Crippen molar-refractivity contribution in [2.75, 3.05) is 11.3 Å². The maximum Gasteiger partial charge on any atom is 0.263 e. The highest BCUT2D eigenvalue weighted by molar-refractivity contribution is 7.92. The molecule has 1 aromatic heterocycles. The molecule has 2 heterocycles. The fourth-order valence-electron chi connectivity index (χ4n) is 6.06. The van der Waals surface area contributed by atoms with Crippen LogP contribution in [0, 0.1) is 13.8 Å². The van der Waals surface area contributed by atoms with Crippen LogP contribution in [0.25, 0.3) is 11.1 Å². The Balaban J connectivity index is 1.55. The molecular formula is C32H38B2N4O5S. The van der Waals surface area contributed by atoms with Crippen molar-refractivity contribution >= 4 is 43.3 Å². The summed E-state index contributed by atoms with van der Waals surface area (Å²) in [4.78, 5) is 20.6. The second-order valence-corrected chi connectivity index (χ2v) is 13.3. The zero-order valence-corrected chi connectivity index (χ0v) is 26.7. The molecule has 0 unspecified atom stereocenters. The van der Waals surface area contributed by atoms with Crippen molar-refractivity contribution in [3.8, 4) is 11.1 Å². The molecular weight excluding hydrogens is 574 g/mol. The first kappa shape index (κ1) is 32.0. The summed E-state index contributed by atoms with van der Waals surface area (Å²) in [5.74, 6) is 1.50. The number of aromatic nitrogens is 1. The van der Waals surface area contributed by atoms with Crippen LogP contribution in [0.2, 0.25) is 0 Å². The van der Waals surface area contributed by atoms with Gasteiger partial charge in [-0.05, 0) is 62.8 Å². The van der Waals surface area contributed by atoms with Crippen molar-refractivity contribution in [1.82, 2.24) is 10.1 Å². The van der Waals surface area contributed by atoms with E-state index in [1.54, 1.807) is 56.0 Å². The molecule has 0 saturated heterocycles. The summed E-state index contributed by atoms with van der Waals surface area (Å²) in [6.45, 7) is 7.86. The number of carbonyl (C=O) groups is 1. The monoisotopic (exact) mass is 612 g/mol. The lowest BCUT2D eigenvalue weighted by Gasteiger charge is -2.31. The Labute approximate surface area is 262 Å². The van der Waals surface area contributed by atoms with Crippen LogP contribution in [0.4, 0.5) is 5.82 Å². The van der Waals surface area contributed by atoms with Crippen LogP contribution in [0.5, 0.6) is 0 Å². The van der Waals surface area contributed by atoms with E-state index in [1.165, 1.54) is 6.07 Å². The minimum absolute atomic E-state index is 0.00762. The minimum Gasteiger partial charge on any atom is -0.390 e. The van der Waals surface area contributed by atoms with Crippen LogP contribution in [0.1, 0.15) is 81.2 Å². The molecule has 228 valence electrons. The highest BCUT2D eigenvalue weighted by Crippen LogP contribution is 2.41. The van der Waals surface area contributed by atoms with Crippen LogP contribution in [-0.4, -0.2) is 58.1 Å². The summed E-state index contributed by atoms with van der Waals surface area (Å²) in [6.07, 6.45) is 6.20. The van der Waals surface area contributed by atoms with Gasteiger partial charge in [-0.2, -0.15) is 0 Å². The normalized spacial score (nSPS) is 16.6. The van der Waals surface area contributed by atoms with Gasteiger partial charge in [0.1, 0.15) is 32.8 Å². The van der Waals surface area contributed by atoms with E-state index in [4.69, 9.17) is 29.9 Å². The van der Waals surface area contributed by atoms with Gasteiger partial charge in [0.15, 0.2) is 5.82 Å². The quantitative estimate of drug-likeness (QED) is 0.271. The van der Waals surface area contributed by atoms with Crippen molar-refractivity contribution in [2.45, 2.75) is 95.0 Å². The highest BCUT2D eigenvalue weighted by atomic mass is 32.2. The second-order valence-electron chi connectivity index (χ2n) is 11.7. The number of rotatable bonds is 12. The first-order valence-corrected chi connectivity index (χ1v) is 16.7. The Morgan fingerprint density at radius 3 is 2.48 bits per heavy atom. The number of aryl methyl sites for hydroxylation is 1. The molecule has 5 rings (SSSR count). The molecule has 1 saturated carbocycles. The first-order chi connectivity index (χ1) is 20.9. The number of nitrogens with zero attached hydrogens (tertiary/aromatic N) is 3. The van der Waals surface area contributed by atoms with Gasteiger partial charge >= 0.3 is 0 Å². The number of ether oxygens (including phenoxy) is 1. The number of sulfonamides is 1. The molecule has 4 radical (unpaired) electrons. The highest BCUT2D eigenvalue weighted by Gasteiger charge is 2.49. The maximum absolute atomic E-state index is 13.8. The van der Waals surface area contributed by atoms with E-state index in [0.717, 1.165) is 56.3 Å². The van der Waals surface area contributed by atoms with Gasteiger partial charge < -0.3 is 9.26 Å². The van der Waals surface area contributed by atoms with E-state index in [2.05, 4.69) is 16.8 Å². The number of carbonyl (C=O) groups excluding carboxylic acids is 1. The zero-order valence-electron chi connectivity index (χ0n) is 25.9. The van der Waals surface area contributed by atoms with Gasteiger partial charge in [-0.1, -0.05) is 67.7 Å². The summed E-state index contributed by atoms with van der Waals surface area (Å²) in [5, 5.41) is 2.11. The summed E-state index contributed by atoms with van der Waals surface area (Å²) >= 11 is 0. The Bertz CT molecular complexity index is 1680. The zero-order chi connectivity index (χ0) is 31.7. The van der Waals surface area contributed by atoms with Crippen LogP contribution >= 0.6 is 0 Å². The third-order valence-electron chi connectivity index (χ3n) is 8.57. The molecule has 1 aliphatic heterocycles. The number of hydrogen-bond acceptors (Lipinski definition) is 7. The number of amides is 1. The average Bonchev–Trinajstić information content (AvgIpc) is 3.67. The molecule has 1 N–H and O–H groups in total. The van der Waals surface area contributed by atoms with Gasteiger partial charge in [-0.25, -0.2) is 8.42 Å². The standard InChI is InChI=1S/C32H38B2N4O5S/c1-5-7-14-28-35-31(17-10-11-18-31)30(39)38(28)20-23-15-16-24(26(19-23)32(33,34)42-6-2)25-12-8-9-13-27(25)44(40,41)37-29-21(3)22(4)43-36-29/h8-9,12-13,15-16,19H,5-7,10-11,14,17-18,20H2,1-4H3,(H,36,37). The number of hydrogen-bond donors (Lipinski definition) is 1. The van der Waals surface area contributed by atoms with Gasteiger partial charge in [0.05, 0.1) is 11.4 Å². The van der Waals surface area contributed by atoms with E-state index in [1.807, 2.05) is 6.07 Å². The third kappa shape index (κ3) is 6.11. The molecule has 1 fully saturated rings. The molecule has 9 nitrogen and oxygen atoms in total. The van der Waals surface area contributed by atoms with Crippen molar-refractivity contribution < 1.29 is 22.5 Å². The molecule has 1 aliphatic carbocycles. The molecule has 3 aromatic rings. The Hall–Kier alpha value is -3.37. The lowest BCUT2D eigenvalue weighted by atomic mass is 9.59.